The number of hydrogen-bond acceptors (Lipinski definition) is 2. The van der Waals surface area contributed by atoms with E-state index in [1.165, 1.54) is 28.5 Å². The molecule has 144 valence electrons. The zero-order valence-corrected chi connectivity index (χ0v) is 17.2. The molecule has 1 N–H and O–H groups in total. The van der Waals surface area contributed by atoms with Gasteiger partial charge in [-0.2, -0.15) is 0 Å². The zero-order valence-electron chi connectivity index (χ0n) is 16.4. The Kier molecular flexibility index (Phi) is 7.33. The van der Waals surface area contributed by atoms with E-state index < -0.39 is 0 Å². The molecule has 0 aliphatic carbocycles. The van der Waals surface area contributed by atoms with Crippen LogP contribution < -0.4 is 5.32 Å². The van der Waals surface area contributed by atoms with Gasteiger partial charge in [0, 0.05) is 35.2 Å². The Morgan fingerprint density at radius 3 is 2.63 bits per heavy atom. The van der Waals surface area contributed by atoms with Crippen LogP contribution in [0, 0.1) is 0 Å². The predicted molar refractivity (Wildman–Crippen MR) is 117 cm³/mol. The molecule has 2 aromatic carbocycles. The number of rotatable bonds is 10. The molecule has 0 saturated heterocycles. The van der Waals surface area contributed by atoms with Crippen LogP contribution in [0.15, 0.2) is 54.7 Å². The van der Waals surface area contributed by atoms with Gasteiger partial charge in [-0.1, -0.05) is 55.8 Å². The number of hydrogen-bond donors (Lipinski definition) is 1. The van der Waals surface area contributed by atoms with Crippen molar-refractivity contribution < 1.29 is 0 Å². The molecule has 27 heavy (non-hydrogen) atoms. The van der Waals surface area contributed by atoms with E-state index in [2.05, 4.69) is 65.2 Å². The first-order valence-electron chi connectivity index (χ1n) is 9.95. The number of nitrogens with zero attached hydrogens (tertiary/aromatic N) is 2. The van der Waals surface area contributed by atoms with E-state index in [9.17, 15) is 0 Å². The Balaban J connectivity index is 1.66. The van der Waals surface area contributed by atoms with Crippen LogP contribution in [0.1, 0.15) is 31.4 Å². The zero-order chi connectivity index (χ0) is 19.1. The number of fused-ring (bicyclic) bond motifs is 1. The lowest BCUT2D eigenvalue weighted by atomic mass is 10.2. The molecular formula is C23H30ClN3. The van der Waals surface area contributed by atoms with E-state index in [-0.39, 0.29) is 0 Å². The van der Waals surface area contributed by atoms with Gasteiger partial charge in [-0.25, -0.2) is 0 Å². The fourth-order valence-corrected chi connectivity index (χ4v) is 3.83. The Morgan fingerprint density at radius 2 is 1.85 bits per heavy atom. The van der Waals surface area contributed by atoms with Crippen molar-refractivity contribution in [3.05, 3.63) is 70.9 Å². The van der Waals surface area contributed by atoms with Crippen LogP contribution in [-0.2, 0) is 13.1 Å². The van der Waals surface area contributed by atoms with Gasteiger partial charge in [0.25, 0.3) is 0 Å². The second-order valence-electron chi connectivity index (χ2n) is 6.99. The summed E-state index contributed by atoms with van der Waals surface area (Å²) in [6.45, 7) is 10.7. The summed E-state index contributed by atoms with van der Waals surface area (Å²) in [5.41, 5.74) is 3.86. The second kappa shape index (κ2) is 9.93. The van der Waals surface area contributed by atoms with Crippen molar-refractivity contribution in [1.29, 1.82) is 0 Å². The quantitative estimate of drug-likeness (QED) is 0.487. The molecule has 0 fully saturated rings. The van der Waals surface area contributed by atoms with Gasteiger partial charge < -0.3 is 14.8 Å². The van der Waals surface area contributed by atoms with Crippen molar-refractivity contribution in [2.75, 3.05) is 26.2 Å². The Morgan fingerprint density at radius 1 is 1.04 bits per heavy atom. The van der Waals surface area contributed by atoms with Gasteiger partial charge in [0.05, 0.1) is 0 Å². The largest absolute Gasteiger partial charge is 0.343 e. The summed E-state index contributed by atoms with van der Waals surface area (Å²) < 4.78 is 2.33. The molecule has 0 aliphatic heterocycles. The molecule has 1 heterocycles. The van der Waals surface area contributed by atoms with Crippen LogP contribution >= 0.6 is 11.6 Å². The number of benzene rings is 2. The van der Waals surface area contributed by atoms with Gasteiger partial charge in [-0.3, -0.25) is 0 Å². The van der Waals surface area contributed by atoms with E-state index in [1.54, 1.807) is 0 Å². The molecule has 3 rings (SSSR count). The monoisotopic (exact) mass is 383 g/mol. The lowest BCUT2D eigenvalue weighted by Gasteiger charge is -2.17. The van der Waals surface area contributed by atoms with E-state index in [1.807, 2.05) is 18.2 Å². The van der Waals surface area contributed by atoms with E-state index in [0.717, 1.165) is 44.3 Å². The summed E-state index contributed by atoms with van der Waals surface area (Å²) in [5.74, 6) is 0. The molecule has 3 aromatic rings. The molecule has 0 atom stereocenters. The Labute approximate surface area is 167 Å². The highest BCUT2D eigenvalue weighted by Crippen LogP contribution is 2.23. The summed E-state index contributed by atoms with van der Waals surface area (Å²) in [7, 11) is 0. The van der Waals surface area contributed by atoms with Gasteiger partial charge in [-0.05, 0) is 61.9 Å². The first kappa shape index (κ1) is 19.9. The fraction of sp³-hybridized carbons (Fsp3) is 0.391. The van der Waals surface area contributed by atoms with Crippen LogP contribution in [0.4, 0.5) is 0 Å². The van der Waals surface area contributed by atoms with Gasteiger partial charge >= 0.3 is 0 Å². The molecule has 0 saturated carbocycles. The van der Waals surface area contributed by atoms with Gasteiger partial charge in [0.2, 0.25) is 0 Å². The second-order valence-corrected chi connectivity index (χ2v) is 7.42. The van der Waals surface area contributed by atoms with Crippen molar-refractivity contribution in [3.8, 4) is 0 Å². The highest BCUT2D eigenvalue weighted by Gasteiger charge is 2.08. The maximum atomic E-state index is 6.15. The molecule has 0 radical (unpaired) electrons. The third-order valence-electron chi connectivity index (χ3n) is 5.15. The first-order chi connectivity index (χ1) is 13.2. The highest BCUT2D eigenvalue weighted by atomic mass is 35.5. The normalized spacial score (nSPS) is 11.6. The maximum Gasteiger partial charge on any atom is 0.0486 e. The van der Waals surface area contributed by atoms with Gasteiger partial charge in [0.1, 0.15) is 0 Å². The minimum absolute atomic E-state index is 0.791. The molecule has 1 aromatic heterocycles. The lowest BCUT2D eigenvalue weighted by molar-refractivity contribution is 0.298. The Bertz CT molecular complexity index is 852. The third-order valence-corrected chi connectivity index (χ3v) is 5.39. The van der Waals surface area contributed by atoms with Crippen LogP contribution in [0.5, 0.6) is 0 Å². The standard InChI is InChI=1S/C23H30ClN3/c1-3-26(4-2)14-8-13-25-16-20-18-27(23-12-6-5-11-22(20)23)17-19-9-7-10-21(24)15-19/h5-7,9-12,15,18,25H,3-4,8,13-14,16-17H2,1-2H3. The third kappa shape index (κ3) is 5.35. The van der Waals surface area contributed by atoms with Crippen LogP contribution in [0.2, 0.25) is 5.02 Å². The van der Waals surface area contributed by atoms with Crippen LogP contribution in [-0.4, -0.2) is 35.6 Å². The summed E-state index contributed by atoms with van der Waals surface area (Å²) in [4.78, 5) is 2.47. The van der Waals surface area contributed by atoms with Gasteiger partial charge in [0.15, 0.2) is 0 Å². The molecule has 0 amide bonds. The number of halogens is 1. The molecule has 0 bridgehead atoms. The fourth-order valence-electron chi connectivity index (χ4n) is 3.62. The van der Waals surface area contributed by atoms with E-state index >= 15 is 0 Å². The van der Waals surface area contributed by atoms with Crippen LogP contribution in [0.25, 0.3) is 10.9 Å². The minimum atomic E-state index is 0.791. The Hall–Kier alpha value is -1.81. The maximum absolute atomic E-state index is 6.15. The summed E-state index contributed by atoms with van der Waals surface area (Å²) in [6, 6.07) is 16.8. The SMILES string of the molecule is CCN(CC)CCCNCc1cn(Cc2cccc(Cl)c2)c2ccccc12. The van der Waals surface area contributed by atoms with Gasteiger partial charge in [-0.15, -0.1) is 0 Å². The first-order valence-corrected chi connectivity index (χ1v) is 10.3. The molecule has 0 aliphatic rings. The van der Waals surface area contributed by atoms with Crippen LogP contribution in [0.3, 0.4) is 0 Å². The minimum Gasteiger partial charge on any atom is -0.343 e. The van der Waals surface area contributed by atoms with Crippen molar-refractivity contribution in [3.63, 3.8) is 0 Å². The average Bonchev–Trinajstić information content (AvgIpc) is 3.02. The number of aromatic nitrogens is 1. The molecule has 3 nitrogen and oxygen atoms in total. The predicted octanol–water partition coefficient (Wildman–Crippen LogP) is 5.16. The number of para-hydroxylation sites is 1. The summed E-state index contributed by atoms with van der Waals surface area (Å²) in [5, 5.41) is 5.74. The summed E-state index contributed by atoms with van der Waals surface area (Å²) >= 11 is 6.15. The van der Waals surface area contributed by atoms with E-state index in [0.29, 0.717) is 0 Å². The molecule has 0 unspecified atom stereocenters. The highest BCUT2D eigenvalue weighted by molar-refractivity contribution is 6.30. The topological polar surface area (TPSA) is 20.2 Å². The molecule has 4 heteroatoms. The smallest absolute Gasteiger partial charge is 0.0486 e. The van der Waals surface area contributed by atoms with E-state index in [4.69, 9.17) is 11.6 Å². The molecular weight excluding hydrogens is 354 g/mol. The molecule has 0 spiro atoms. The van der Waals surface area contributed by atoms with Crippen molar-refractivity contribution in [1.82, 2.24) is 14.8 Å². The van der Waals surface area contributed by atoms with Crippen molar-refractivity contribution in [2.24, 2.45) is 0 Å². The lowest BCUT2D eigenvalue weighted by Crippen LogP contribution is -2.27. The number of nitrogens with one attached hydrogen (secondary N) is 1. The summed E-state index contributed by atoms with van der Waals surface area (Å²) in [6.07, 6.45) is 3.46. The average molecular weight is 384 g/mol. The van der Waals surface area contributed by atoms with Crippen molar-refractivity contribution in [2.45, 2.75) is 33.4 Å². The van der Waals surface area contributed by atoms with Crippen molar-refractivity contribution >= 4 is 22.5 Å².